The molecule has 1 N–H and O–H groups in total. The van der Waals surface area contributed by atoms with Crippen LogP contribution >= 0.6 is 27.7 Å². The Labute approximate surface area is 128 Å². The molecule has 0 heterocycles. The molecule has 2 rings (SSSR count). The zero-order valence-electron chi connectivity index (χ0n) is 11.2. The molecule has 4 heteroatoms. The lowest BCUT2D eigenvalue weighted by atomic mass is 9.88. The van der Waals surface area contributed by atoms with Crippen molar-refractivity contribution in [2.45, 2.75) is 36.9 Å². The fraction of sp³-hybridized carbons (Fsp3) is 0.533. The van der Waals surface area contributed by atoms with Gasteiger partial charge in [-0.3, -0.25) is 0 Å². The van der Waals surface area contributed by atoms with Crippen LogP contribution in [0.2, 0.25) is 0 Å². The molecule has 19 heavy (non-hydrogen) atoms. The fourth-order valence-corrected chi connectivity index (χ4v) is 3.94. The van der Waals surface area contributed by atoms with E-state index in [1.165, 1.54) is 32.1 Å². The fourth-order valence-electron chi connectivity index (χ4n) is 2.67. The number of benzene rings is 1. The van der Waals surface area contributed by atoms with Crippen molar-refractivity contribution >= 4 is 33.4 Å². The summed E-state index contributed by atoms with van der Waals surface area (Å²) in [6, 6.07) is 8.02. The van der Waals surface area contributed by atoms with Crippen molar-refractivity contribution in [2.75, 3.05) is 18.1 Å². The van der Waals surface area contributed by atoms with Gasteiger partial charge in [-0.15, -0.1) is 0 Å². The molecular weight excluding hydrogens is 320 g/mol. The van der Waals surface area contributed by atoms with Gasteiger partial charge in [0.1, 0.15) is 6.07 Å². The van der Waals surface area contributed by atoms with Crippen molar-refractivity contribution < 1.29 is 0 Å². The second kappa shape index (κ2) is 6.67. The van der Waals surface area contributed by atoms with Crippen molar-refractivity contribution in [3.63, 3.8) is 0 Å². The van der Waals surface area contributed by atoms with Gasteiger partial charge >= 0.3 is 0 Å². The lowest BCUT2D eigenvalue weighted by molar-refractivity contribution is 0.411. The molecule has 1 aliphatic carbocycles. The second-order valence-corrected chi connectivity index (χ2v) is 7.29. The number of nitriles is 1. The van der Waals surface area contributed by atoms with E-state index in [1.54, 1.807) is 0 Å². The SMILES string of the molecule is CSC1(CNc2cc(Br)ccc2C#N)CCCCC1. The molecule has 0 bridgehead atoms. The largest absolute Gasteiger partial charge is 0.383 e. The average molecular weight is 339 g/mol. The molecule has 0 radical (unpaired) electrons. The van der Waals surface area contributed by atoms with Gasteiger partial charge in [0, 0.05) is 15.8 Å². The highest BCUT2D eigenvalue weighted by Crippen LogP contribution is 2.39. The maximum atomic E-state index is 9.16. The van der Waals surface area contributed by atoms with E-state index in [0.717, 1.165) is 22.3 Å². The summed E-state index contributed by atoms with van der Waals surface area (Å²) in [6.45, 7) is 0.944. The van der Waals surface area contributed by atoms with Crippen molar-refractivity contribution in [1.82, 2.24) is 0 Å². The van der Waals surface area contributed by atoms with E-state index in [9.17, 15) is 0 Å². The Morgan fingerprint density at radius 3 is 2.74 bits per heavy atom. The number of anilines is 1. The van der Waals surface area contributed by atoms with Crippen molar-refractivity contribution in [3.8, 4) is 6.07 Å². The predicted octanol–water partition coefficient (Wildman–Crippen LogP) is 4.80. The molecule has 0 atom stereocenters. The predicted molar refractivity (Wildman–Crippen MR) is 86.7 cm³/mol. The third kappa shape index (κ3) is 3.67. The van der Waals surface area contributed by atoms with E-state index in [2.05, 4.69) is 33.6 Å². The monoisotopic (exact) mass is 338 g/mol. The lowest BCUT2D eigenvalue weighted by Crippen LogP contribution is -2.35. The van der Waals surface area contributed by atoms with Crippen LogP contribution in [0.3, 0.4) is 0 Å². The van der Waals surface area contributed by atoms with Crippen LogP contribution in [0.5, 0.6) is 0 Å². The number of thioether (sulfide) groups is 1. The Morgan fingerprint density at radius 2 is 2.11 bits per heavy atom. The van der Waals surface area contributed by atoms with Crippen molar-refractivity contribution in [1.29, 1.82) is 5.26 Å². The summed E-state index contributed by atoms with van der Waals surface area (Å²) < 4.78 is 1.35. The van der Waals surface area contributed by atoms with Gasteiger partial charge in [-0.1, -0.05) is 35.2 Å². The van der Waals surface area contributed by atoms with E-state index in [4.69, 9.17) is 5.26 Å². The molecule has 0 aromatic heterocycles. The first-order valence-corrected chi connectivity index (χ1v) is 8.69. The van der Waals surface area contributed by atoms with E-state index < -0.39 is 0 Å². The lowest BCUT2D eigenvalue weighted by Gasteiger charge is -2.36. The topological polar surface area (TPSA) is 35.8 Å². The number of nitrogens with zero attached hydrogens (tertiary/aromatic N) is 1. The normalized spacial score (nSPS) is 17.7. The Kier molecular flexibility index (Phi) is 5.18. The van der Waals surface area contributed by atoms with Gasteiger partial charge in [0.15, 0.2) is 0 Å². The van der Waals surface area contributed by atoms with Gasteiger partial charge in [0.25, 0.3) is 0 Å². The molecule has 1 fully saturated rings. The van der Waals surface area contributed by atoms with E-state index in [0.29, 0.717) is 4.75 Å². The maximum absolute atomic E-state index is 9.16. The Hall–Kier alpha value is -0.660. The van der Waals surface area contributed by atoms with Crippen LogP contribution in [-0.4, -0.2) is 17.5 Å². The summed E-state index contributed by atoms with van der Waals surface area (Å²) in [5.41, 5.74) is 1.66. The summed E-state index contributed by atoms with van der Waals surface area (Å²) in [6.07, 6.45) is 8.77. The van der Waals surface area contributed by atoms with Gasteiger partial charge in [-0.2, -0.15) is 17.0 Å². The van der Waals surface area contributed by atoms with E-state index in [-0.39, 0.29) is 0 Å². The minimum atomic E-state index is 0.341. The van der Waals surface area contributed by atoms with Gasteiger partial charge in [-0.25, -0.2) is 0 Å². The van der Waals surface area contributed by atoms with Crippen LogP contribution in [0.1, 0.15) is 37.7 Å². The van der Waals surface area contributed by atoms with Gasteiger partial charge in [0.2, 0.25) is 0 Å². The standard InChI is InChI=1S/C15H19BrN2S/c1-19-15(7-3-2-4-8-15)11-18-14-9-13(16)6-5-12(14)10-17/h5-6,9,18H,2-4,7-8,11H2,1H3. The summed E-state index contributed by atoms with van der Waals surface area (Å²) in [5, 5.41) is 12.7. The highest BCUT2D eigenvalue weighted by Gasteiger charge is 2.30. The molecule has 0 unspecified atom stereocenters. The van der Waals surface area contributed by atoms with Crippen LogP contribution in [-0.2, 0) is 0 Å². The molecule has 1 aliphatic rings. The van der Waals surface area contributed by atoms with E-state index in [1.807, 2.05) is 30.0 Å². The smallest absolute Gasteiger partial charge is 0.101 e. The van der Waals surface area contributed by atoms with Crippen LogP contribution in [0.15, 0.2) is 22.7 Å². The van der Waals surface area contributed by atoms with Gasteiger partial charge in [0.05, 0.1) is 11.3 Å². The van der Waals surface area contributed by atoms with Crippen molar-refractivity contribution in [2.24, 2.45) is 0 Å². The van der Waals surface area contributed by atoms with Crippen LogP contribution in [0.25, 0.3) is 0 Å². The molecule has 1 aromatic carbocycles. The quantitative estimate of drug-likeness (QED) is 0.856. The summed E-state index contributed by atoms with van der Waals surface area (Å²) in [4.78, 5) is 0. The first-order chi connectivity index (χ1) is 9.19. The second-order valence-electron chi connectivity index (χ2n) is 5.10. The Morgan fingerprint density at radius 1 is 1.37 bits per heavy atom. The molecule has 0 amide bonds. The zero-order valence-corrected chi connectivity index (χ0v) is 13.6. The Bertz CT molecular complexity index is 476. The number of nitrogens with one attached hydrogen (secondary N) is 1. The number of halogens is 1. The third-order valence-corrected chi connectivity index (χ3v) is 5.81. The minimum Gasteiger partial charge on any atom is -0.383 e. The van der Waals surface area contributed by atoms with E-state index >= 15 is 0 Å². The number of hydrogen-bond donors (Lipinski definition) is 1. The summed E-state index contributed by atoms with van der Waals surface area (Å²) in [7, 11) is 0. The van der Waals surface area contributed by atoms with Crippen LogP contribution < -0.4 is 5.32 Å². The molecule has 102 valence electrons. The third-order valence-electron chi connectivity index (χ3n) is 3.90. The first-order valence-electron chi connectivity index (χ1n) is 6.68. The Balaban J connectivity index is 2.09. The van der Waals surface area contributed by atoms with Crippen molar-refractivity contribution in [3.05, 3.63) is 28.2 Å². The zero-order chi connectivity index (χ0) is 13.7. The van der Waals surface area contributed by atoms with Crippen LogP contribution in [0.4, 0.5) is 5.69 Å². The highest BCUT2D eigenvalue weighted by atomic mass is 79.9. The molecular formula is C15H19BrN2S. The molecule has 0 saturated heterocycles. The van der Waals surface area contributed by atoms with Gasteiger partial charge in [-0.05, 0) is 37.3 Å². The van der Waals surface area contributed by atoms with Crippen LogP contribution in [0, 0.1) is 11.3 Å². The molecule has 2 nitrogen and oxygen atoms in total. The van der Waals surface area contributed by atoms with Gasteiger partial charge < -0.3 is 5.32 Å². The average Bonchev–Trinajstić information content (AvgIpc) is 2.46. The maximum Gasteiger partial charge on any atom is 0.101 e. The molecule has 0 aliphatic heterocycles. The summed E-state index contributed by atoms with van der Waals surface area (Å²) in [5.74, 6) is 0. The number of hydrogen-bond acceptors (Lipinski definition) is 3. The molecule has 0 spiro atoms. The number of rotatable bonds is 4. The molecule has 1 saturated carbocycles. The summed E-state index contributed by atoms with van der Waals surface area (Å²) >= 11 is 5.44. The molecule has 1 aromatic rings. The first kappa shape index (κ1) is 14.7. The minimum absolute atomic E-state index is 0.341. The highest BCUT2D eigenvalue weighted by molar-refractivity contribution is 9.10.